The molecule has 0 aliphatic rings. The van der Waals surface area contributed by atoms with E-state index in [4.69, 9.17) is 11.6 Å². The van der Waals surface area contributed by atoms with Gasteiger partial charge in [-0.15, -0.1) is 0 Å². The van der Waals surface area contributed by atoms with Gasteiger partial charge in [0.2, 0.25) is 5.91 Å². The van der Waals surface area contributed by atoms with E-state index in [0.29, 0.717) is 17.3 Å². The van der Waals surface area contributed by atoms with Crippen LogP contribution in [0.15, 0.2) is 53.6 Å². The molecule has 0 fully saturated rings. The molecule has 25 heavy (non-hydrogen) atoms. The number of nitrogens with one attached hydrogen (secondary N) is 2. The molecule has 0 heterocycles. The molecule has 7 heteroatoms. The lowest BCUT2D eigenvalue weighted by molar-refractivity contribution is -0.120. The molecule has 130 valence electrons. The first-order valence-corrected chi connectivity index (χ1v) is 7.92. The van der Waals surface area contributed by atoms with E-state index in [1.807, 2.05) is 12.1 Å². The standard InChI is InChI=1S/C18H17ClFN3O2/c1-12(22-23-18(25)15-4-2-3-5-16(15)20)10-17(24)21-11-13-6-8-14(19)9-7-13/h2-9H,10-11H2,1H3,(H,21,24)(H,23,25)/b22-12-. The Morgan fingerprint density at radius 1 is 1.12 bits per heavy atom. The molecule has 0 saturated heterocycles. The van der Waals surface area contributed by atoms with Crippen molar-refractivity contribution in [2.75, 3.05) is 0 Å². The Labute approximate surface area is 149 Å². The number of hydrogen-bond acceptors (Lipinski definition) is 3. The number of carbonyl (C=O) groups is 2. The molecule has 2 rings (SSSR count). The summed E-state index contributed by atoms with van der Waals surface area (Å²) in [5.41, 5.74) is 3.45. The molecule has 2 aromatic rings. The van der Waals surface area contributed by atoms with E-state index in [9.17, 15) is 14.0 Å². The van der Waals surface area contributed by atoms with E-state index in [1.54, 1.807) is 25.1 Å². The van der Waals surface area contributed by atoms with Crippen LogP contribution in [0.3, 0.4) is 0 Å². The SMILES string of the molecule is C/C(CC(=O)NCc1ccc(Cl)cc1)=N/NC(=O)c1ccccc1F. The third kappa shape index (κ3) is 6.00. The number of carbonyl (C=O) groups excluding carboxylic acids is 2. The zero-order valence-electron chi connectivity index (χ0n) is 13.6. The van der Waals surface area contributed by atoms with Crippen LogP contribution in [0.1, 0.15) is 29.3 Å². The zero-order valence-corrected chi connectivity index (χ0v) is 14.3. The minimum absolute atomic E-state index is 0.0190. The predicted octanol–water partition coefficient (Wildman–Crippen LogP) is 3.29. The van der Waals surface area contributed by atoms with Gasteiger partial charge in [0.05, 0.1) is 12.0 Å². The van der Waals surface area contributed by atoms with Gasteiger partial charge in [0.1, 0.15) is 5.82 Å². The van der Waals surface area contributed by atoms with E-state index in [0.717, 1.165) is 5.56 Å². The molecule has 2 aromatic carbocycles. The molecule has 0 saturated carbocycles. The van der Waals surface area contributed by atoms with Gasteiger partial charge in [-0.3, -0.25) is 9.59 Å². The lowest BCUT2D eigenvalue weighted by Crippen LogP contribution is -2.26. The van der Waals surface area contributed by atoms with E-state index in [-0.39, 0.29) is 17.9 Å². The van der Waals surface area contributed by atoms with Crippen molar-refractivity contribution in [2.45, 2.75) is 19.9 Å². The van der Waals surface area contributed by atoms with Crippen LogP contribution in [0.25, 0.3) is 0 Å². The van der Waals surface area contributed by atoms with Crippen molar-refractivity contribution in [3.63, 3.8) is 0 Å². The van der Waals surface area contributed by atoms with Gasteiger partial charge in [-0.25, -0.2) is 9.82 Å². The number of rotatable bonds is 6. The van der Waals surface area contributed by atoms with Gasteiger partial charge in [-0.2, -0.15) is 5.10 Å². The average molecular weight is 362 g/mol. The molecule has 0 atom stereocenters. The number of nitrogens with zero attached hydrogens (tertiary/aromatic N) is 1. The largest absolute Gasteiger partial charge is 0.352 e. The summed E-state index contributed by atoms with van der Waals surface area (Å²) in [5.74, 6) is -1.54. The van der Waals surface area contributed by atoms with Gasteiger partial charge < -0.3 is 5.32 Å². The molecular weight excluding hydrogens is 345 g/mol. The second-order valence-electron chi connectivity index (χ2n) is 5.35. The molecule has 2 amide bonds. The first kappa shape index (κ1) is 18.6. The van der Waals surface area contributed by atoms with Crippen LogP contribution in [0.2, 0.25) is 5.02 Å². The molecule has 0 spiro atoms. The molecular formula is C18H17ClFN3O2. The summed E-state index contributed by atoms with van der Waals surface area (Å²) in [6.07, 6.45) is 0.0190. The van der Waals surface area contributed by atoms with Crippen molar-refractivity contribution < 1.29 is 14.0 Å². The smallest absolute Gasteiger partial charge is 0.274 e. The second kappa shape index (κ2) is 8.94. The van der Waals surface area contributed by atoms with E-state index >= 15 is 0 Å². The molecule has 0 radical (unpaired) electrons. The van der Waals surface area contributed by atoms with Crippen molar-refractivity contribution in [2.24, 2.45) is 5.10 Å². The zero-order chi connectivity index (χ0) is 18.2. The van der Waals surface area contributed by atoms with Crippen LogP contribution >= 0.6 is 11.6 Å². The molecule has 0 bridgehead atoms. The van der Waals surface area contributed by atoms with E-state index < -0.39 is 11.7 Å². The molecule has 5 nitrogen and oxygen atoms in total. The first-order valence-electron chi connectivity index (χ1n) is 7.55. The number of hydrogen-bond donors (Lipinski definition) is 2. The van der Waals surface area contributed by atoms with Crippen LogP contribution in [0.5, 0.6) is 0 Å². The lowest BCUT2D eigenvalue weighted by atomic mass is 10.2. The summed E-state index contributed by atoms with van der Waals surface area (Å²) in [6, 6.07) is 12.7. The third-order valence-corrected chi connectivity index (χ3v) is 3.54. The Balaban J connectivity index is 1.82. The van der Waals surface area contributed by atoms with Gasteiger partial charge in [0.15, 0.2) is 0 Å². The lowest BCUT2D eigenvalue weighted by Gasteiger charge is -2.06. The van der Waals surface area contributed by atoms with Crippen molar-refractivity contribution >= 4 is 29.1 Å². The highest BCUT2D eigenvalue weighted by Gasteiger charge is 2.10. The number of amides is 2. The minimum atomic E-state index is -0.668. The summed E-state index contributed by atoms with van der Waals surface area (Å²) < 4.78 is 13.5. The Morgan fingerprint density at radius 3 is 2.48 bits per heavy atom. The van der Waals surface area contributed by atoms with Crippen molar-refractivity contribution in [3.05, 3.63) is 70.5 Å². The molecule has 0 aliphatic heterocycles. The number of hydrazone groups is 1. The Kier molecular flexibility index (Phi) is 6.65. The third-order valence-electron chi connectivity index (χ3n) is 3.29. The highest BCUT2D eigenvalue weighted by molar-refractivity contribution is 6.30. The molecule has 0 aliphatic carbocycles. The minimum Gasteiger partial charge on any atom is -0.352 e. The monoisotopic (exact) mass is 361 g/mol. The molecule has 2 N–H and O–H groups in total. The van der Waals surface area contributed by atoms with E-state index in [2.05, 4.69) is 15.8 Å². The van der Waals surface area contributed by atoms with E-state index in [1.165, 1.54) is 18.2 Å². The van der Waals surface area contributed by atoms with Crippen molar-refractivity contribution in [3.8, 4) is 0 Å². The van der Waals surface area contributed by atoms with Crippen LogP contribution in [-0.4, -0.2) is 17.5 Å². The normalized spacial score (nSPS) is 11.1. The maximum absolute atomic E-state index is 13.5. The average Bonchev–Trinajstić information content (AvgIpc) is 2.59. The summed E-state index contributed by atoms with van der Waals surface area (Å²) >= 11 is 5.80. The number of benzene rings is 2. The Hall–Kier alpha value is -2.73. The van der Waals surface area contributed by atoms with Gasteiger partial charge in [0, 0.05) is 17.3 Å². The summed E-state index contributed by atoms with van der Waals surface area (Å²) in [4.78, 5) is 23.7. The molecule has 0 unspecified atom stereocenters. The Bertz CT molecular complexity index is 791. The van der Waals surface area contributed by atoms with Crippen LogP contribution in [0.4, 0.5) is 4.39 Å². The predicted molar refractivity (Wildman–Crippen MR) is 94.9 cm³/mol. The quantitative estimate of drug-likeness (QED) is 0.612. The van der Waals surface area contributed by atoms with Gasteiger partial charge in [0.25, 0.3) is 5.91 Å². The van der Waals surface area contributed by atoms with Crippen LogP contribution < -0.4 is 10.7 Å². The Morgan fingerprint density at radius 2 is 1.80 bits per heavy atom. The molecule has 0 aromatic heterocycles. The van der Waals surface area contributed by atoms with Crippen molar-refractivity contribution in [1.82, 2.24) is 10.7 Å². The summed E-state index contributed by atoms with van der Waals surface area (Å²) in [7, 11) is 0. The fourth-order valence-electron chi connectivity index (χ4n) is 1.99. The second-order valence-corrected chi connectivity index (χ2v) is 5.78. The maximum atomic E-state index is 13.5. The topological polar surface area (TPSA) is 70.6 Å². The van der Waals surface area contributed by atoms with Gasteiger partial charge in [-0.05, 0) is 36.8 Å². The summed E-state index contributed by atoms with van der Waals surface area (Å²) in [5, 5.41) is 7.19. The van der Waals surface area contributed by atoms with Crippen molar-refractivity contribution in [1.29, 1.82) is 0 Å². The fraction of sp³-hybridized carbons (Fsp3) is 0.167. The highest BCUT2D eigenvalue weighted by Crippen LogP contribution is 2.09. The maximum Gasteiger partial charge on any atom is 0.274 e. The van der Waals surface area contributed by atoms with Crippen LogP contribution in [0, 0.1) is 5.82 Å². The highest BCUT2D eigenvalue weighted by atomic mass is 35.5. The fourth-order valence-corrected chi connectivity index (χ4v) is 2.12. The first-order chi connectivity index (χ1) is 12.0. The number of halogens is 2. The van der Waals surface area contributed by atoms with Crippen LogP contribution in [-0.2, 0) is 11.3 Å². The summed E-state index contributed by atoms with van der Waals surface area (Å²) in [6.45, 7) is 1.97. The van der Waals surface area contributed by atoms with Gasteiger partial charge in [-0.1, -0.05) is 35.9 Å². The van der Waals surface area contributed by atoms with Gasteiger partial charge >= 0.3 is 0 Å².